The molecule has 0 saturated carbocycles. The lowest BCUT2D eigenvalue weighted by Gasteiger charge is -2.31. The molecule has 0 atom stereocenters. The largest absolute Gasteiger partial charge is 0.339 e. The van der Waals surface area contributed by atoms with E-state index in [-0.39, 0.29) is 0 Å². The minimum atomic E-state index is 0.328. The van der Waals surface area contributed by atoms with Gasteiger partial charge in [-0.05, 0) is 63.4 Å². The number of likely N-dealkylation sites (tertiary alicyclic amines) is 1. The quantitative estimate of drug-likeness (QED) is 0.838. The second-order valence-corrected chi connectivity index (χ2v) is 7.40. The van der Waals surface area contributed by atoms with Crippen LogP contribution in [-0.4, -0.2) is 33.1 Å². The number of nitrogens with zero attached hydrogens (tertiary/aromatic N) is 4. The third kappa shape index (κ3) is 4.41. The van der Waals surface area contributed by atoms with Gasteiger partial charge in [-0.3, -0.25) is 9.88 Å². The van der Waals surface area contributed by atoms with Gasteiger partial charge in [0, 0.05) is 24.6 Å². The molecule has 3 heterocycles. The van der Waals surface area contributed by atoms with Crippen molar-refractivity contribution in [3.63, 3.8) is 0 Å². The van der Waals surface area contributed by atoms with E-state index in [1.807, 2.05) is 0 Å². The Kier molecular flexibility index (Phi) is 5.29. The van der Waals surface area contributed by atoms with Crippen LogP contribution >= 0.6 is 0 Å². The number of hydrogen-bond acceptors (Lipinski definition) is 5. The first-order valence-electron chi connectivity index (χ1n) is 8.98. The molecule has 0 spiro atoms. The van der Waals surface area contributed by atoms with Gasteiger partial charge in [0.15, 0.2) is 5.82 Å². The Balaban J connectivity index is 1.50. The first-order chi connectivity index (χ1) is 11.5. The maximum atomic E-state index is 5.39. The summed E-state index contributed by atoms with van der Waals surface area (Å²) in [6.45, 7) is 11.6. The van der Waals surface area contributed by atoms with Crippen molar-refractivity contribution < 1.29 is 4.52 Å². The molecule has 1 aliphatic rings. The normalized spacial score (nSPS) is 16.9. The predicted octanol–water partition coefficient (Wildman–Crippen LogP) is 3.66. The summed E-state index contributed by atoms with van der Waals surface area (Å²) in [7, 11) is 0. The van der Waals surface area contributed by atoms with Crippen LogP contribution in [0.1, 0.15) is 61.3 Å². The fourth-order valence-corrected chi connectivity index (χ4v) is 3.42. The number of hydrogen-bond donors (Lipinski definition) is 0. The monoisotopic (exact) mass is 328 g/mol. The molecule has 0 bridgehead atoms. The fraction of sp³-hybridized carbons (Fsp3) is 0.632. The van der Waals surface area contributed by atoms with E-state index >= 15 is 0 Å². The van der Waals surface area contributed by atoms with Gasteiger partial charge < -0.3 is 4.52 Å². The summed E-state index contributed by atoms with van der Waals surface area (Å²) >= 11 is 0. The average Bonchev–Trinajstić information content (AvgIpc) is 2.97. The predicted molar refractivity (Wildman–Crippen MR) is 93.8 cm³/mol. The van der Waals surface area contributed by atoms with Crippen LogP contribution in [0.4, 0.5) is 0 Å². The molecule has 130 valence electrons. The Morgan fingerprint density at radius 2 is 1.92 bits per heavy atom. The second kappa shape index (κ2) is 7.43. The standard InChI is InChI=1S/C19H28N4O/c1-13(2)19-21-18(24-22-19)11-16-5-7-23(8-6-16)12-17-10-14(3)9-15(4)20-17/h9-10,13,16H,5-8,11-12H2,1-4H3. The van der Waals surface area contributed by atoms with Crippen molar-refractivity contribution >= 4 is 0 Å². The minimum Gasteiger partial charge on any atom is -0.339 e. The van der Waals surface area contributed by atoms with E-state index in [4.69, 9.17) is 4.52 Å². The van der Waals surface area contributed by atoms with Crippen molar-refractivity contribution in [2.45, 2.75) is 59.4 Å². The number of piperidine rings is 1. The minimum absolute atomic E-state index is 0.328. The van der Waals surface area contributed by atoms with E-state index in [9.17, 15) is 0 Å². The van der Waals surface area contributed by atoms with E-state index in [1.54, 1.807) is 0 Å². The SMILES string of the molecule is Cc1cc(C)nc(CN2CCC(Cc3nc(C(C)C)no3)CC2)c1. The lowest BCUT2D eigenvalue weighted by molar-refractivity contribution is 0.169. The zero-order chi connectivity index (χ0) is 17.1. The topological polar surface area (TPSA) is 55.1 Å². The summed E-state index contributed by atoms with van der Waals surface area (Å²) < 4.78 is 5.39. The van der Waals surface area contributed by atoms with Gasteiger partial charge in [0.2, 0.25) is 5.89 Å². The Bertz CT molecular complexity index is 652. The Morgan fingerprint density at radius 3 is 2.54 bits per heavy atom. The van der Waals surface area contributed by atoms with Gasteiger partial charge in [-0.15, -0.1) is 0 Å². The molecule has 2 aromatic heterocycles. The van der Waals surface area contributed by atoms with E-state index in [2.05, 4.69) is 59.9 Å². The van der Waals surface area contributed by atoms with Crippen LogP contribution in [0.5, 0.6) is 0 Å². The van der Waals surface area contributed by atoms with Gasteiger partial charge in [-0.1, -0.05) is 19.0 Å². The van der Waals surface area contributed by atoms with Gasteiger partial charge in [0.25, 0.3) is 0 Å². The molecule has 0 amide bonds. The molecule has 5 nitrogen and oxygen atoms in total. The zero-order valence-electron chi connectivity index (χ0n) is 15.2. The van der Waals surface area contributed by atoms with Crippen LogP contribution in [0.25, 0.3) is 0 Å². The highest BCUT2D eigenvalue weighted by Gasteiger charge is 2.22. The number of aryl methyl sites for hydroxylation is 2. The first kappa shape index (κ1) is 17.1. The Hall–Kier alpha value is -1.75. The van der Waals surface area contributed by atoms with Crippen molar-refractivity contribution in [2.75, 3.05) is 13.1 Å². The highest BCUT2D eigenvalue weighted by molar-refractivity contribution is 5.19. The van der Waals surface area contributed by atoms with Gasteiger partial charge in [0.05, 0.1) is 5.69 Å². The van der Waals surface area contributed by atoms with Gasteiger partial charge in [-0.25, -0.2) is 0 Å². The summed E-state index contributed by atoms with van der Waals surface area (Å²) in [6, 6.07) is 4.33. The summed E-state index contributed by atoms with van der Waals surface area (Å²) in [5.74, 6) is 2.60. The van der Waals surface area contributed by atoms with Crippen molar-refractivity contribution in [2.24, 2.45) is 5.92 Å². The Morgan fingerprint density at radius 1 is 1.17 bits per heavy atom. The Labute approximate surface area is 144 Å². The maximum Gasteiger partial charge on any atom is 0.226 e. The van der Waals surface area contributed by atoms with Crippen LogP contribution in [-0.2, 0) is 13.0 Å². The summed E-state index contributed by atoms with van der Waals surface area (Å²) in [6.07, 6.45) is 3.28. The lowest BCUT2D eigenvalue weighted by atomic mass is 9.93. The summed E-state index contributed by atoms with van der Waals surface area (Å²) in [4.78, 5) is 11.7. The molecule has 0 aromatic carbocycles. The molecule has 3 rings (SSSR count). The second-order valence-electron chi connectivity index (χ2n) is 7.40. The molecular weight excluding hydrogens is 300 g/mol. The summed E-state index contributed by atoms with van der Waals surface area (Å²) in [5, 5.41) is 4.06. The summed E-state index contributed by atoms with van der Waals surface area (Å²) in [5.41, 5.74) is 3.59. The molecule has 0 radical (unpaired) electrons. The number of pyridine rings is 1. The van der Waals surface area contributed by atoms with Crippen molar-refractivity contribution in [1.82, 2.24) is 20.0 Å². The molecule has 24 heavy (non-hydrogen) atoms. The highest BCUT2D eigenvalue weighted by Crippen LogP contribution is 2.23. The molecule has 1 aliphatic heterocycles. The molecule has 1 saturated heterocycles. The van der Waals surface area contributed by atoms with Gasteiger partial charge >= 0.3 is 0 Å². The van der Waals surface area contributed by atoms with Crippen LogP contribution in [0.3, 0.4) is 0 Å². The third-order valence-corrected chi connectivity index (χ3v) is 4.71. The van der Waals surface area contributed by atoms with E-state index in [0.29, 0.717) is 11.8 Å². The van der Waals surface area contributed by atoms with Crippen molar-refractivity contribution in [1.29, 1.82) is 0 Å². The lowest BCUT2D eigenvalue weighted by Crippen LogP contribution is -2.34. The average molecular weight is 328 g/mol. The molecule has 5 heteroatoms. The molecule has 1 fully saturated rings. The third-order valence-electron chi connectivity index (χ3n) is 4.71. The highest BCUT2D eigenvalue weighted by atomic mass is 16.5. The van der Waals surface area contributed by atoms with Crippen molar-refractivity contribution in [3.05, 3.63) is 40.8 Å². The first-order valence-corrected chi connectivity index (χ1v) is 8.98. The van der Waals surface area contributed by atoms with Crippen molar-refractivity contribution in [3.8, 4) is 0 Å². The zero-order valence-corrected chi connectivity index (χ0v) is 15.2. The van der Waals surface area contributed by atoms with Crippen LogP contribution in [0.15, 0.2) is 16.7 Å². The van der Waals surface area contributed by atoms with E-state index in [1.165, 1.54) is 24.1 Å². The van der Waals surface area contributed by atoms with E-state index < -0.39 is 0 Å². The molecule has 0 aliphatic carbocycles. The van der Waals surface area contributed by atoms with Gasteiger partial charge in [-0.2, -0.15) is 4.98 Å². The van der Waals surface area contributed by atoms with E-state index in [0.717, 1.165) is 43.5 Å². The van der Waals surface area contributed by atoms with Crippen LogP contribution < -0.4 is 0 Å². The molecule has 0 unspecified atom stereocenters. The van der Waals surface area contributed by atoms with Crippen LogP contribution in [0, 0.1) is 19.8 Å². The fourth-order valence-electron chi connectivity index (χ4n) is 3.42. The molecule has 2 aromatic rings. The smallest absolute Gasteiger partial charge is 0.226 e. The molecular formula is C19H28N4O. The van der Waals surface area contributed by atoms with Crippen LogP contribution in [0.2, 0.25) is 0 Å². The van der Waals surface area contributed by atoms with Gasteiger partial charge in [0.1, 0.15) is 0 Å². The molecule has 0 N–H and O–H groups in total. The number of aromatic nitrogens is 3. The maximum absolute atomic E-state index is 5.39. The number of rotatable bonds is 5.